The van der Waals surface area contributed by atoms with Gasteiger partial charge in [0.1, 0.15) is 0 Å². The molecule has 17 heavy (non-hydrogen) atoms. The Morgan fingerprint density at radius 3 is 2.82 bits per heavy atom. The fraction of sp³-hybridized carbons (Fsp3) is 0.455. The Balaban J connectivity index is 2.09. The van der Waals surface area contributed by atoms with E-state index in [1.165, 1.54) is 6.08 Å². The van der Waals surface area contributed by atoms with Gasteiger partial charge in [-0.15, -0.1) is 0 Å². The van der Waals surface area contributed by atoms with E-state index in [-0.39, 0.29) is 39.0 Å². The maximum atomic E-state index is 13.4. The van der Waals surface area contributed by atoms with Gasteiger partial charge in [0.2, 0.25) is 0 Å². The number of carbonyl (C=O) groups excluding carboxylic acids is 2. The van der Waals surface area contributed by atoms with Crippen LogP contribution in [0.2, 0.25) is 0 Å². The second-order valence-electron chi connectivity index (χ2n) is 4.29. The van der Waals surface area contributed by atoms with Crippen LogP contribution < -0.4 is 30.3 Å². The molecular formula is C11H14FIN2O2. The van der Waals surface area contributed by atoms with Crippen LogP contribution >= 0.6 is 0 Å². The summed E-state index contributed by atoms with van der Waals surface area (Å²) in [6.45, 7) is 1.64. The number of carbonyl (C=O) groups is 2. The molecule has 0 aromatic rings. The van der Waals surface area contributed by atoms with Gasteiger partial charge < -0.3 is 0 Å². The minimum absolute atomic E-state index is 0.122. The van der Waals surface area contributed by atoms with E-state index in [0.717, 1.165) is 0 Å². The van der Waals surface area contributed by atoms with Crippen LogP contribution in [0.1, 0.15) is 19.8 Å². The summed E-state index contributed by atoms with van der Waals surface area (Å²) in [5.74, 6) is -0.909. The average Bonchev–Trinajstić information content (AvgIpc) is 2.64. The van der Waals surface area contributed by atoms with Crippen molar-refractivity contribution in [2.75, 3.05) is 4.43 Å². The zero-order valence-corrected chi connectivity index (χ0v) is 11.6. The van der Waals surface area contributed by atoms with Crippen LogP contribution in [-0.4, -0.2) is 16.2 Å². The molecule has 2 aliphatic rings. The molecule has 1 heterocycles. The Labute approximate surface area is 109 Å². The average molecular weight is 352 g/mol. The van der Waals surface area contributed by atoms with Crippen molar-refractivity contribution in [3.05, 3.63) is 23.7 Å². The molecule has 1 fully saturated rings. The van der Waals surface area contributed by atoms with Gasteiger partial charge in [-0.05, 0) is 0 Å². The van der Waals surface area contributed by atoms with Gasteiger partial charge in [0.25, 0.3) is 0 Å². The molecule has 3 N–H and O–H groups in total. The van der Waals surface area contributed by atoms with Crippen molar-refractivity contribution in [1.82, 2.24) is 5.32 Å². The van der Waals surface area contributed by atoms with E-state index in [1.807, 2.05) is 0 Å². The fourth-order valence-electron chi connectivity index (χ4n) is 1.64. The topological polar surface area (TPSA) is 62.8 Å². The summed E-state index contributed by atoms with van der Waals surface area (Å²) in [4.78, 5) is 23.7. The molecular weight excluding hydrogens is 338 g/mol. The van der Waals surface area contributed by atoms with E-state index in [1.54, 1.807) is 16.5 Å². The molecule has 6 heteroatoms. The van der Waals surface area contributed by atoms with E-state index < -0.39 is 11.2 Å². The summed E-state index contributed by atoms with van der Waals surface area (Å²) in [5, 5.41) is 2.54. The van der Waals surface area contributed by atoms with Crippen LogP contribution in [0.15, 0.2) is 23.7 Å². The normalized spacial score (nSPS) is 29.2. The van der Waals surface area contributed by atoms with Crippen molar-refractivity contribution in [1.29, 1.82) is 0 Å². The quantitative estimate of drug-likeness (QED) is 0.237. The Morgan fingerprint density at radius 2 is 2.24 bits per heavy atom. The Morgan fingerprint density at radius 1 is 1.53 bits per heavy atom. The first-order chi connectivity index (χ1) is 8.04. The van der Waals surface area contributed by atoms with Gasteiger partial charge in [-0.2, -0.15) is 0 Å². The molecule has 1 aliphatic carbocycles. The van der Waals surface area contributed by atoms with E-state index >= 15 is 0 Å². The number of hydrogen-bond donors (Lipinski definition) is 2. The van der Waals surface area contributed by atoms with Crippen molar-refractivity contribution < 1.29 is 39.0 Å². The number of hydrogen-bond acceptors (Lipinski definition) is 2. The molecule has 0 saturated carbocycles. The van der Waals surface area contributed by atoms with Crippen LogP contribution in [0, 0.1) is 5.41 Å². The van der Waals surface area contributed by atoms with Gasteiger partial charge >= 0.3 is 109 Å². The number of alkyl halides is 1. The fourth-order valence-corrected chi connectivity index (χ4v) is 4.55. The van der Waals surface area contributed by atoms with Gasteiger partial charge in [0, 0.05) is 0 Å². The zero-order chi connectivity index (χ0) is 12.5. The zero-order valence-electron chi connectivity index (χ0n) is 9.43. The van der Waals surface area contributed by atoms with Crippen molar-refractivity contribution in [3.8, 4) is 0 Å². The SMILES string of the molecule is C[C@@]1(C(=O)NC2=CCCC=C2F)C[I-][NH2+]C1=O. The number of nitrogens with two attached hydrogens (primary N) is 1. The molecule has 0 bridgehead atoms. The molecule has 0 aromatic carbocycles. The number of quaternary nitrogens is 1. The molecule has 94 valence electrons. The molecule has 2 rings (SSSR count). The van der Waals surface area contributed by atoms with Crippen molar-refractivity contribution >= 4 is 11.8 Å². The number of rotatable bonds is 2. The molecule has 1 atom stereocenters. The molecule has 0 spiro atoms. The number of primary amides is 1. The predicted molar refractivity (Wildman–Crippen MR) is 54.6 cm³/mol. The molecule has 0 aromatic heterocycles. The third-order valence-electron chi connectivity index (χ3n) is 2.91. The summed E-state index contributed by atoms with van der Waals surface area (Å²) < 4.78 is 15.7. The number of allylic oxidation sites excluding steroid dienone is 3. The predicted octanol–water partition coefficient (Wildman–Crippen LogP) is -3.25. The van der Waals surface area contributed by atoms with E-state index in [4.69, 9.17) is 0 Å². The van der Waals surface area contributed by atoms with E-state index in [2.05, 4.69) is 5.32 Å². The first-order valence-corrected chi connectivity index (χ1v) is 8.14. The Bertz CT molecular complexity index is 433. The van der Waals surface area contributed by atoms with E-state index in [9.17, 15) is 14.0 Å². The third-order valence-corrected chi connectivity index (χ3v) is 5.88. The van der Waals surface area contributed by atoms with Crippen molar-refractivity contribution in [3.63, 3.8) is 0 Å². The van der Waals surface area contributed by atoms with Gasteiger partial charge in [0.15, 0.2) is 0 Å². The molecule has 0 radical (unpaired) electrons. The van der Waals surface area contributed by atoms with Crippen LogP contribution in [0.3, 0.4) is 0 Å². The summed E-state index contributed by atoms with van der Waals surface area (Å²) in [6, 6.07) is 0. The second-order valence-corrected chi connectivity index (χ2v) is 6.56. The summed E-state index contributed by atoms with van der Waals surface area (Å²) in [7, 11) is 0. The summed E-state index contributed by atoms with van der Waals surface area (Å²) in [5.41, 5.74) is -0.772. The molecule has 1 saturated heterocycles. The van der Waals surface area contributed by atoms with Crippen molar-refractivity contribution in [2.45, 2.75) is 19.8 Å². The van der Waals surface area contributed by atoms with Gasteiger partial charge in [-0.25, -0.2) is 0 Å². The monoisotopic (exact) mass is 352 g/mol. The first-order valence-electron chi connectivity index (χ1n) is 5.37. The van der Waals surface area contributed by atoms with E-state index in [0.29, 0.717) is 17.3 Å². The van der Waals surface area contributed by atoms with Crippen LogP contribution in [0.25, 0.3) is 0 Å². The van der Waals surface area contributed by atoms with Crippen LogP contribution in [-0.2, 0) is 9.59 Å². The second kappa shape index (κ2) is 4.85. The molecule has 2 amide bonds. The number of amides is 2. The Hall–Kier alpha value is -0.760. The van der Waals surface area contributed by atoms with Gasteiger partial charge in [0.05, 0.1) is 0 Å². The van der Waals surface area contributed by atoms with Gasteiger partial charge in [-0.3, -0.25) is 0 Å². The molecule has 1 aliphatic heterocycles. The van der Waals surface area contributed by atoms with Crippen LogP contribution in [0.5, 0.6) is 0 Å². The number of halogens is 2. The van der Waals surface area contributed by atoms with Gasteiger partial charge in [-0.1, -0.05) is 0 Å². The number of nitrogens with one attached hydrogen (secondary N) is 1. The summed E-state index contributed by atoms with van der Waals surface area (Å²) >= 11 is -0.320. The Kier molecular flexibility index (Phi) is 3.62. The van der Waals surface area contributed by atoms with Crippen molar-refractivity contribution in [2.24, 2.45) is 5.41 Å². The molecule has 0 unspecified atom stereocenters. The molecule has 4 nitrogen and oxygen atoms in total. The summed E-state index contributed by atoms with van der Waals surface area (Å²) in [6.07, 6.45) is 4.48. The maximum absolute atomic E-state index is 13.4. The third kappa shape index (κ3) is 2.42. The van der Waals surface area contributed by atoms with Crippen LogP contribution in [0.4, 0.5) is 4.39 Å². The minimum atomic E-state index is -0.980. The standard InChI is InChI=1S/C11H14FIN2O2/c1-11(6-13-15-10(11)17)9(16)14-8-5-3-2-4-7(8)12/h4-5H,2-3,6,15H2,1H3,(H,14,16)/t11-/m0/s1. The first kappa shape index (κ1) is 12.7.